The predicted molar refractivity (Wildman–Crippen MR) is 95.1 cm³/mol. The molecule has 4 rings (SSSR count). The molecular weight excluding hydrogens is 338 g/mol. The second-order valence-electron chi connectivity index (χ2n) is 5.70. The molecule has 3 aromatic rings. The molecule has 1 aromatic carbocycles. The van der Waals surface area contributed by atoms with E-state index in [1.807, 2.05) is 23.6 Å². The summed E-state index contributed by atoms with van der Waals surface area (Å²) in [5.41, 5.74) is 7.43. The minimum absolute atomic E-state index is 0.139. The molecule has 0 fully saturated rings. The number of nitrogens with one attached hydrogen (secondary N) is 1. The molecule has 0 spiro atoms. The van der Waals surface area contributed by atoms with Gasteiger partial charge in [-0.05, 0) is 30.5 Å². The van der Waals surface area contributed by atoms with E-state index in [9.17, 15) is 9.90 Å². The molecule has 25 heavy (non-hydrogen) atoms. The van der Waals surface area contributed by atoms with Gasteiger partial charge in [-0.2, -0.15) is 4.98 Å². The third kappa shape index (κ3) is 2.56. The monoisotopic (exact) mass is 353 g/mol. The van der Waals surface area contributed by atoms with Crippen molar-refractivity contribution in [1.29, 1.82) is 0 Å². The van der Waals surface area contributed by atoms with Crippen LogP contribution in [0.3, 0.4) is 0 Å². The molecule has 1 aliphatic heterocycles. The van der Waals surface area contributed by atoms with E-state index in [-0.39, 0.29) is 5.75 Å². The van der Waals surface area contributed by atoms with Gasteiger partial charge in [0.25, 0.3) is 0 Å². The SMILES string of the molecule is CC1=C(C(N)=O)C(c2cccs2)n2nc(-c3cccc(O)c3)nc2N1. The molecule has 0 saturated carbocycles. The Labute approximate surface area is 147 Å². The van der Waals surface area contributed by atoms with E-state index < -0.39 is 11.9 Å². The quantitative estimate of drug-likeness (QED) is 0.671. The zero-order valence-corrected chi connectivity index (χ0v) is 14.1. The number of hydrogen-bond acceptors (Lipinski definition) is 6. The molecular formula is C17H15N5O2S. The van der Waals surface area contributed by atoms with Crippen molar-refractivity contribution >= 4 is 23.2 Å². The number of carbonyl (C=O) groups is 1. The molecule has 0 aliphatic carbocycles. The highest BCUT2D eigenvalue weighted by molar-refractivity contribution is 7.10. The van der Waals surface area contributed by atoms with Crippen LogP contribution >= 0.6 is 11.3 Å². The number of carbonyl (C=O) groups excluding carboxylic acids is 1. The normalized spacial score (nSPS) is 16.4. The number of phenolic OH excluding ortho intramolecular Hbond substituents is 1. The molecule has 0 radical (unpaired) electrons. The molecule has 2 aromatic heterocycles. The summed E-state index contributed by atoms with van der Waals surface area (Å²) in [5.74, 6) is 0.626. The van der Waals surface area contributed by atoms with Crippen LogP contribution in [0.1, 0.15) is 17.8 Å². The molecule has 8 heteroatoms. The summed E-state index contributed by atoms with van der Waals surface area (Å²) < 4.78 is 1.66. The lowest BCUT2D eigenvalue weighted by atomic mass is 10.0. The lowest BCUT2D eigenvalue weighted by Crippen LogP contribution is -2.31. The number of benzene rings is 1. The molecule has 7 nitrogen and oxygen atoms in total. The predicted octanol–water partition coefficient (Wildman–Crippen LogP) is 2.49. The van der Waals surface area contributed by atoms with Gasteiger partial charge >= 0.3 is 0 Å². The number of phenols is 1. The number of anilines is 1. The molecule has 1 aliphatic rings. The van der Waals surface area contributed by atoms with Crippen LogP contribution in [-0.4, -0.2) is 25.8 Å². The minimum Gasteiger partial charge on any atom is -0.508 e. The van der Waals surface area contributed by atoms with E-state index in [1.165, 1.54) is 11.3 Å². The van der Waals surface area contributed by atoms with Gasteiger partial charge in [0.05, 0.1) is 5.57 Å². The summed E-state index contributed by atoms with van der Waals surface area (Å²) in [6, 6.07) is 10.2. The van der Waals surface area contributed by atoms with Crippen molar-refractivity contribution in [2.24, 2.45) is 5.73 Å². The molecule has 0 saturated heterocycles. The largest absolute Gasteiger partial charge is 0.508 e. The number of aromatic hydroxyl groups is 1. The van der Waals surface area contributed by atoms with Gasteiger partial charge in [-0.25, -0.2) is 4.68 Å². The van der Waals surface area contributed by atoms with E-state index in [4.69, 9.17) is 5.73 Å². The van der Waals surface area contributed by atoms with Crippen molar-refractivity contribution in [2.75, 3.05) is 5.32 Å². The Morgan fingerprint density at radius 3 is 2.88 bits per heavy atom. The van der Waals surface area contributed by atoms with Crippen molar-refractivity contribution < 1.29 is 9.90 Å². The van der Waals surface area contributed by atoms with Crippen LogP contribution in [0.2, 0.25) is 0 Å². The summed E-state index contributed by atoms with van der Waals surface area (Å²) >= 11 is 1.53. The first-order valence-corrected chi connectivity index (χ1v) is 8.49. The molecule has 126 valence electrons. The van der Waals surface area contributed by atoms with Crippen molar-refractivity contribution in [2.45, 2.75) is 13.0 Å². The number of rotatable bonds is 3. The number of nitrogens with zero attached hydrogens (tertiary/aromatic N) is 3. The van der Waals surface area contributed by atoms with Crippen LogP contribution < -0.4 is 11.1 Å². The Balaban J connectivity index is 1.88. The number of hydrogen-bond donors (Lipinski definition) is 3. The highest BCUT2D eigenvalue weighted by atomic mass is 32.1. The third-order valence-corrected chi connectivity index (χ3v) is 4.96. The summed E-state index contributed by atoms with van der Waals surface area (Å²) in [6.45, 7) is 1.80. The fourth-order valence-corrected chi connectivity index (χ4v) is 3.77. The Morgan fingerprint density at radius 1 is 1.36 bits per heavy atom. The molecule has 1 amide bonds. The first-order chi connectivity index (χ1) is 12.0. The summed E-state index contributed by atoms with van der Waals surface area (Å²) in [6.07, 6.45) is 0. The summed E-state index contributed by atoms with van der Waals surface area (Å²) in [4.78, 5) is 17.5. The summed E-state index contributed by atoms with van der Waals surface area (Å²) in [7, 11) is 0. The number of aromatic nitrogens is 3. The average molecular weight is 353 g/mol. The van der Waals surface area contributed by atoms with Crippen LogP contribution in [0.4, 0.5) is 5.95 Å². The van der Waals surface area contributed by atoms with Crippen LogP contribution in [0.5, 0.6) is 5.75 Å². The number of fused-ring (bicyclic) bond motifs is 1. The van der Waals surface area contributed by atoms with Crippen molar-refractivity contribution in [3.05, 3.63) is 57.9 Å². The van der Waals surface area contributed by atoms with Crippen LogP contribution in [0.15, 0.2) is 53.0 Å². The number of nitrogens with two attached hydrogens (primary N) is 1. The second kappa shape index (κ2) is 5.75. The van der Waals surface area contributed by atoms with Gasteiger partial charge in [0.15, 0.2) is 5.82 Å². The summed E-state index contributed by atoms with van der Waals surface area (Å²) in [5, 5.41) is 19.3. The standard InChI is InChI=1S/C17H15N5O2S/c1-9-13(15(18)24)14(12-6-3-7-25-12)22-17(19-9)20-16(21-22)10-4-2-5-11(23)8-10/h2-8,14,23H,1H3,(H2,18,24)(H,19,20,21). The van der Waals surface area contributed by atoms with E-state index in [1.54, 1.807) is 29.8 Å². The smallest absolute Gasteiger partial charge is 0.248 e. The van der Waals surface area contributed by atoms with Crippen molar-refractivity contribution in [3.63, 3.8) is 0 Å². The zero-order chi connectivity index (χ0) is 17.6. The molecule has 0 bridgehead atoms. The number of primary amides is 1. The van der Waals surface area contributed by atoms with Gasteiger partial charge < -0.3 is 16.2 Å². The Bertz CT molecular complexity index is 990. The third-order valence-electron chi connectivity index (χ3n) is 4.04. The maximum absolute atomic E-state index is 12.0. The van der Waals surface area contributed by atoms with Gasteiger partial charge in [-0.1, -0.05) is 18.2 Å². The fraction of sp³-hybridized carbons (Fsp3) is 0.118. The minimum atomic E-state index is -0.497. The fourth-order valence-electron chi connectivity index (χ4n) is 2.95. The molecule has 1 atom stereocenters. The van der Waals surface area contributed by atoms with Gasteiger partial charge in [0.1, 0.15) is 11.8 Å². The van der Waals surface area contributed by atoms with E-state index in [0.717, 1.165) is 4.88 Å². The highest BCUT2D eigenvalue weighted by Crippen LogP contribution is 2.37. The van der Waals surface area contributed by atoms with E-state index >= 15 is 0 Å². The lowest BCUT2D eigenvalue weighted by molar-refractivity contribution is -0.115. The first-order valence-electron chi connectivity index (χ1n) is 7.61. The molecule has 1 unspecified atom stereocenters. The van der Waals surface area contributed by atoms with Crippen molar-refractivity contribution in [3.8, 4) is 17.1 Å². The van der Waals surface area contributed by atoms with Crippen LogP contribution in [0.25, 0.3) is 11.4 Å². The van der Waals surface area contributed by atoms with Gasteiger partial charge in [0, 0.05) is 16.1 Å². The second-order valence-corrected chi connectivity index (χ2v) is 6.68. The highest BCUT2D eigenvalue weighted by Gasteiger charge is 2.33. The maximum Gasteiger partial charge on any atom is 0.248 e. The maximum atomic E-state index is 12.0. The van der Waals surface area contributed by atoms with Crippen LogP contribution in [-0.2, 0) is 4.79 Å². The van der Waals surface area contributed by atoms with Gasteiger partial charge in [0.2, 0.25) is 11.9 Å². The number of amides is 1. The number of allylic oxidation sites excluding steroid dienone is 1. The van der Waals surface area contributed by atoms with Crippen molar-refractivity contribution in [1.82, 2.24) is 14.8 Å². The van der Waals surface area contributed by atoms with E-state index in [2.05, 4.69) is 15.4 Å². The van der Waals surface area contributed by atoms with Gasteiger partial charge in [-0.15, -0.1) is 16.4 Å². The molecule has 3 heterocycles. The number of thiophene rings is 1. The Morgan fingerprint density at radius 2 is 2.20 bits per heavy atom. The Hall–Kier alpha value is -3.13. The van der Waals surface area contributed by atoms with Gasteiger partial charge in [-0.3, -0.25) is 4.79 Å². The topological polar surface area (TPSA) is 106 Å². The lowest BCUT2D eigenvalue weighted by Gasteiger charge is -2.26. The molecule has 4 N–H and O–H groups in total. The zero-order valence-electron chi connectivity index (χ0n) is 13.3. The Kier molecular flexibility index (Phi) is 3.54. The first kappa shape index (κ1) is 15.4. The average Bonchev–Trinajstić information content (AvgIpc) is 3.22. The van der Waals surface area contributed by atoms with E-state index in [0.29, 0.717) is 28.6 Å². The van der Waals surface area contributed by atoms with Crippen LogP contribution in [0, 0.1) is 0 Å².